The Morgan fingerprint density at radius 1 is 1.22 bits per heavy atom. The molecule has 23 heavy (non-hydrogen) atoms. The zero-order chi connectivity index (χ0) is 16.8. The van der Waals surface area contributed by atoms with E-state index in [2.05, 4.69) is 20.8 Å². The molecular weight excluding hydrogens is 362 g/mol. The molecule has 6 heteroatoms. The summed E-state index contributed by atoms with van der Waals surface area (Å²) < 4.78 is 17.0. The fourth-order valence-electron chi connectivity index (χ4n) is 2.92. The number of piperidine rings is 1. The van der Waals surface area contributed by atoms with Gasteiger partial charge in [-0.1, -0.05) is 15.9 Å². The first kappa shape index (κ1) is 18.1. The molecule has 1 aliphatic rings. The van der Waals surface area contributed by atoms with Crippen molar-refractivity contribution in [2.75, 3.05) is 33.9 Å². The minimum atomic E-state index is -0.0639. The van der Waals surface area contributed by atoms with Crippen LogP contribution in [0.1, 0.15) is 25.3 Å². The Morgan fingerprint density at radius 3 is 2.26 bits per heavy atom. The van der Waals surface area contributed by atoms with Crippen LogP contribution in [-0.2, 0) is 16.1 Å². The number of ether oxygens (including phenoxy) is 3. The molecule has 0 amide bonds. The van der Waals surface area contributed by atoms with E-state index < -0.39 is 0 Å². The highest BCUT2D eigenvalue weighted by molar-refractivity contribution is 9.10. The maximum atomic E-state index is 11.8. The van der Waals surface area contributed by atoms with Crippen molar-refractivity contribution in [3.05, 3.63) is 22.2 Å². The van der Waals surface area contributed by atoms with Gasteiger partial charge in [-0.05, 0) is 45.0 Å². The Hall–Kier alpha value is -1.27. The van der Waals surface area contributed by atoms with Crippen LogP contribution >= 0.6 is 15.9 Å². The second-order valence-corrected chi connectivity index (χ2v) is 6.51. The number of nitrogens with zero attached hydrogens (tertiary/aromatic N) is 1. The van der Waals surface area contributed by atoms with Gasteiger partial charge in [-0.2, -0.15) is 0 Å². The summed E-state index contributed by atoms with van der Waals surface area (Å²) in [5.74, 6) is 1.58. The highest BCUT2D eigenvalue weighted by Gasteiger charge is 2.27. The molecule has 0 atom stereocenters. The molecule has 0 spiro atoms. The molecule has 0 radical (unpaired) electrons. The fraction of sp³-hybridized carbons (Fsp3) is 0.588. The molecule has 0 saturated carbocycles. The molecule has 0 aliphatic carbocycles. The maximum absolute atomic E-state index is 11.8. The van der Waals surface area contributed by atoms with Gasteiger partial charge >= 0.3 is 5.97 Å². The monoisotopic (exact) mass is 385 g/mol. The third kappa shape index (κ3) is 4.61. The van der Waals surface area contributed by atoms with E-state index in [1.165, 1.54) is 0 Å². The van der Waals surface area contributed by atoms with Gasteiger partial charge in [0.1, 0.15) is 11.5 Å². The normalized spacial score (nSPS) is 16.2. The molecule has 2 rings (SSSR count). The summed E-state index contributed by atoms with van der Waals surface area (Å²) in [7, 11) is 3.33. The highest BCUT2D eigenvalue weighted by Crippen LogP contribution is 2.34. The molecule has 0 bridgehead atoms. The average Bonchev–Trinajstić information content (AvgIpc) is 2.56. The van der Waals surface area contributed by atoms with Crippen LogP contribution in [0.15, 0.2) is 16.6 Å². The van der Waals surface area contributed by atoms with Gasteiger partial charge in [-0.15, -0.1) is 0 Å². The largest absolute Gasteiger partial charge is 0.496 e. The number of esters is 1. The van der Waals surface area contributed by atoms with Crippen molar-refractivity contribution >= 4 is 21.9 Å². The molecule has 1 heterocycles. The summed E-state index contributed by atoms with van der Waals surface area (Å²) >= 11 is 3.47. The minimum Gasteiger partial charge on any atom is -0.496 e. The van der Waals surface area contributed by atoms with E-state index in [1.807, 2.05) is 19.1 Å². The van der Waals surface area contributed by atoms with E-state index in [4.69, 9.17) is 14.2 Å². The number of hydrogen-bond donors (Lipinski definition) is 0. The lowest BCUT2D eigenvalue weighted by Crippen LogP contribution is -2.36. The standard InChI is InChI=1S/C17H24BrNO4/c1-4-23-17(20)12-5-7-19(8-6-12)11-14-15(21-2)9-13(18)10-16(14)22-3/h9-10,12H,4-8,11H2,1-3H3. The van der Waals surface area contributed by atoms with Crippen molar-refractivity contribution in [2.24, 2.45) is 5.92 Å². The number of methoxy groups -OCH3 is 2. The quantitative estimate of drug-likeness (QED) is 0.703. The van der Waals surface area contributed by atoms with Gasteiger partial charge in [0.25, 0.3) is 0 Å². The van der Waals surface area contributed by atoms with E-state index in [0.29, 0.717) is 6.61 Å². The van der Waals surface area contributed by atoms with Gasteiger partial charge < -0.3 is 14.2 Å². The lowest BCUT2D eigenvalue weighted by atomic mass is 9.96. The Morgan fingerprint density at radius 2 is 1.78 bits per heavy atom. The van der Waals surface area contributed by atoms with E-state index in [9.17, 15) is 4.79 Å². The van der Waals surface area contributed by atoms with Crippen molar-refractivity contribution in [1.82, 2.24) is 4.90 Å². The van der Waals surface area contributed by atoms with Crippen LogP contribution in [0, 0.1) is 5.92 Å². The molecule has 1 saturated heterocycles. The van der Waals surface area contributed by atoms with Crippen molar-refractivity contribution in [3.63, 3.8) is 0 Å². The lowest BCUT2D eigenvalue weighted by Gasteiger charge is -2.31. The summed E-state index contributed by atoms with van der Waals surface area (Å²) in [5, 5.41) is 0. The van der Waals surface area contributed by atoms with Crippen molar-refractivity contribution < 1.29 is 19.0 Å². The minimum absolute atomic E-state index is 0.0277. The zero-order valence-corrected chi connectivity index (χ0v) is 15.5. The molecule has 0 unspecified atom stereocenters. The molecule has 5 nitrogen and oxygen atoms in total. The number of carbonyl (C=O) groups excluding carboxylic acids is 1. The summed E-state index contributed by atoms with van der Waals surface area (Å²) in [4.78, 5) is 14.1. The number of carbonyl (C=O) groups is 1. The molecule has 128 valence electrons. The molecule has 0 N–H and O–H groups in total. The SMILES string of the molecule is CCOC(=O)C1CCN(Cc2c(OC)cc(Br)cc2OC)CC1. The van der Waals surface area contributed by atoms with Gasteiger partial charge in [0.15, 0.2) is 0 Å². The predicted molar refractivity (Wildman–Crippen MR) is 91.9 cm³/mol. The van der Waals surface area contributed by atoms with Crippen molar-refractivity contribution in [2.45, 2.75) is 26.3 Å². The van der Waals surface area contributed by atoms with Gasteiger partial charge in [0.05, 0.1) is 32.3 Å². The third-order valence-electron chi connectivity index (χ3n) is 4.16. The number of likely N-dealkylation sites (tertiary alicyclic amines) is 1. The molecular formula is C17H24BrNO4. The number of rotatable bonds is 6. The number of hydrogen-bond acceptors (Lipinski definition) is 5. The Kier molecular flexibility index (Phi) is 6.72. The van der Waals surface area contributed by atoms with E-state index in [1.54, 1.807) is 14.2 Å². The Labute approximate surface area is 146 Å². The highest BCUT2D eigenvalue weighted by atomic mass is 79.9. The number of halogens is 1. The average molecular weight is 386 g/mol. The van der Waals surface area contributed by atoms with Crippen LogP contribution in [0.5, 0.6) is 11.5 Å². The fourth-order valence-corrected chi connectivity index (χ4v) is 3.33. The molecule has 1 aliphatic heterocycles. The second-order valence-electron chi connectivity index (χ2n) is 5.59. The van der Waals surface area contributed by atoms with E-state index >= 15 is 0 Å². The van der Waals surface area contributed by atoms with Crippen LogP contribution in [0.4, 0.5) is 0 Å². The van der Waals surface area contributed by atoms with Gasteiger partial charge in [0, 0.05) is 11.0 Å². The third-order valence-corrected chi connectivity index (χ3v) is 4.62. The van der Waals surface area contributed by atoms with Crippen LogP contribution in [0.25, 0.3) is 0 Å². The first-order valence-electron chi connectivity index (χ1n) is 7.88. The predicted octanol–water partition coefficient (Wildman–Crippen LogP) is 3.24. The molecule has 1 fully saturated rings. The topological polar surface area (TPSA) is 48.0 Å². The summed E-state index contributed by atoms with van der Waals surface area (Å²) in [6.07, 6.45) is 1.67. The smallest absolute Gasteiger partial charge is 0.309 e. The zero-order valence-electron chi connectivity index (χ0n) is 13.9. The van der Waals surface area contributed by atoms with Gasteiger partial charge in [-0.3, -0.25) is 9.69 Å². The van der Waals surface area contributed by atoms with E-state index in [0.717, 1.165) is 54.0 Å². The molecule has 1 aromatic carbocycles. The molecule has 1 aromatic rings. The van der Waals surface area contributed by atoms with Crippen LogP contribution in [0.3, 0.4) is 0 Å². The lowest BCUT2D eigenvalue weighted by molar-refractivity contribution is -0.149. The van der Waals surface area contributed by atoms with Crippen LogP contribution < -0.4 is 9.47 Å². The Balaban J connectivity index is 2.03. The first-order chi connectivity index (χ1) is 11.1. The number of benzene rings is 1. The van der Waals surface area contributed by atoms with Crippen LogP contribution in [0.2, 0.25) is 0 Å². The van der Waals surface area contributed by atoms with Crippen molar-refractivity contribution in [1.29, 1.82) is 0 Å². The van der Waals surface area contributed by atoms with Gasteiger partial charge in [-0.25, -0.2) is 0 Å². The van der Waals surface area contributed by atoms with Crippen molar-refractivity contribution in [3.8, 4) is 11.5 Å². The summed E-state index contributed by atoms with van der Waals surface area (Å²) in [6.45, 7) is 4.78. The first-order valence-corrected chi connectivity index (χ1v) is 8.67. The van der Waals surface area contributed by atoms with Gasteiger partial charge in [0.2, 0.25) is 0 Å². The molecule has 0 aromatic heterocycles. The summed E-state index contributed by atoms with van der Waals surface area (Å²) in [5.41, 5.74) is 1.03. The van der Waals surface area contributed by atoms with E-state index in [-0.39, 0.29) is 11.9 Å². The summed E-state index contributed by atoms with van der Waals surface area (Å²) in [6, 6.07) is 3.90. The second kappa shape index (κ2) is 8.55. The van der Waals surface area contributed by atoms with Crippen LogP contribution in [-0.4, -0.2) is 44.8 Å². The Bertz CT molecular complexity index is 516. The maximum Gasteiger partial charge on any atom is 0.309 e.